The maximum atomic E-state index is 5.44. The van der Waals surface area contributed by atoms with E-state index in [1.54, 1.807) is 0 Å². The van der Waals surface area contributed by atoms with E-state index in [1.807, 2.05) is 0 Å². The Balaban J connectivity index is 1.77. The van der Waals surface area contributed by atoms with Gasteiger partial charge in [0.05, 0.1) is 12.2 Å². The Bertz CT molecular complexity index is 394. The van der Waals surface area contributed by atoms with Crippen molar-refractivity contribution in [2.75, 3.05) is 19.6 Å². The van der Waals surface area contributed by atoms with Gasteiger partial charge in [0.25, 0.3) is 0 Å². The molecule has 0 unspecified atom stereocenters. The molecule has 114 valence electrons. The Morgan fingerprint density at radius 2 is 2.10 bits per heavy atom. The molecule has 0 saturated carbocycles. The lowest BCUT2D eigenvalue weighted by molar-refractivity contribution is 0.102. The van der Waals surface area contributed by atoms with Crippen molar-refractivity contribution in [1.82, 2.24) is 15.4 Å². The van der Waals surface area contributed by atoms with E-state index in [0.717, 1.165) is 37.5 Å². The number of hydrogen-bond donors (Lipinski definition) is 1. The fourth-order valence-corrected chi connectivity index (χ4v) is 2.73. The Morgan fingerprint density at radius 3 is 2.75 bits per heavy atom. The summed E-state index contributed by atoms with van der Waals surface area (Å²) in [5, 5.41) is 7.48. The molecule has 0 aromatic carbocycles. The summed E-state index contributed by atoms with van der Waals surface area (Å²) in [5.74, 6) is 0.999. The van der Waals surface area contributed by atoms with Crippen LogP contribution in [0, 0.1) is 5.41 Å². The summed E-state index contributed by atoms with van der Waals surface area (Å²) in [6.07, 6.45) is 5.02. The highest BCUT2D eigenvalue weighted by Crippen LogP contribution is 2.34. The minimum absolute atomic E-state index is 0.549. The van der Waals surface area contributed by atoms with Crippen LogP contribution < -0.4 is 5.32 Å². The second kappa shape index (κ2) is 7.23. The predicted molar refractivity (Wildman–Crippen MR) is 81.4 cm³/mol. The number of nitrogens with one attached hydrogen (secondary N) is 1. The van der Waals surface area contributed by atoms with Crippen LogP contribution in [0.5, 0.6) is 0 Å². The van der Waals surface area contributed by atoms with E-state index < -0.39 is 0 Å². The van der Waals surface area contributed by atoms with Gasteiger partial charge in [-0.3, -0.25) is 4.90 Å². The standard InChI is InChI=1S/C16H29N3O/c1-4-8-17-12-14-11-15(20-18-14)13-19-9-6-16(3,5-2)7-10-19/h11,17H,4-10,12-13H2,1-3H3. The third kappa shape index (κ3) is 4.32. The smallest absolute Gasteiger partial charge is 0.151 e. The van der Waals surface area contributed by atoms with Gasteiger partial charge in [0, 0.05) is 12.6 Å². The lowest BCUT2D eigenvalue weighted by atomic mass is 9.78. The molecule has 0 atom stereocenters. The SMILES string of the molecule is CCCNCc1cc(CN2CCC(C)(CC)CC2)on1. The van der Waals surface area contributed by atoms with Gasteiger partial charge < -0.3 is 9.84 Å². The number of hydrogen-bond acceptors (Lipinski definition) is 4. The first-order chi connectivity index (χ1) is 9.65. The van der Waals surface area contributed by atoms with Crippen LogP contribution in [0.1, 0.15) is 57.9 Å². The van der Waals surface area contributed by atoms with Crippen molar-refractivity contribution >= 4 is 0 Å². The molecule has 20 heavy (non-hydrogen) atoms. The van der Waals surface area contributed by atoms with Crippen LogP contribution in [0.25, 0.3) is 0 Å². The fourth-order valence-electron chi connectivity index (χ4n) is 2.73. The van der Waals surface area contributed by atoms with Crippen LogP contribution in [-0.4, -0.2) is 29.7 Å². The molecule has 2 rings (SSSR count). The van der Waals surface area contributed by atoms with E-state index in [2.05, 4.69) is 42.2 Å². The minimum atomic E-state index is 0.549. The number of aromatic nitrogens is 1. The third-order valence-electron chi connectivity index (χ3n) is 4.64. The molecule has 4 nitrogen and oxygen atoms in total. The molecule has 0 bridgehead atoms. The zero-order valence-electron chi connectivity index (χ0n) is 13.2. The van der Waals surface area contributed by atoms with Gasteiger partial charge in [-0.05, 0) is 44.3 Å². The highest BCUT2D eigenvalue weighted by Gasteiger charge is 2.28. The monoisotopic (exact) mass is 279 g/mol. The molecule has 0 spiro atoms. The first-order valence-corrected chi connectivity index (χ1v) is 8.03. The van der Waals surface area contributed by atoms with Gasteiger partial charge in [0.1, 0.15) is 0 Å². The van der Waals surface area contributed by atoms with Crippen molar-refractivity contribution < 1.29 is 4.52 Å². The van der Waals surface area contributed by atoms with E-state index in [0.29, 0.717) is 5.41 Å². The number of rotatable bonds is 7. The fraction of sp³-hybridized carbons (Fsp3) is 0.812. The maximum Gasteiger partial charge on any atom is 0.151 e. The van der Waals surface area contributed by atoms with Crippen LogP contribution in [0.15, 0.2) is 10.6 Å². The van der Waals surface area contributed by atoms with Crippen LogP contribution in [0.4, 0.5) is 0 Å². The van der Waals surface area contributed by atoms with Crippen molar-refractivity contribution in [1.29, 1.82) is 0 Å². The Labute approximate surface area is 122 Å². The molecular weight excluding hydrogens is 250 g/mol. The van der Waals surface area contributed by atoms with Crippen LogP contribution in [0.2, 0.25) is 0 Å². The first-order valence-electron chi connectivity index (χ1n) is 8.03. The summed E-state index contributed by atoms with van der Waals surface area (Å²) < 4.78 is 5.44. The normalized spacial score (nSPS) is 19.4. The Kier molecular flexibility index (Phi) is 5.61. The lowest BCUT2D eigenvalue weighted by Gasteiger charge is -2.38. The van der Waals surface area contributed by atoms with Crippen LogP contribution in [-0.2, 0) is 13.1 Å². The summed E-state index contributed by atoms with van der Waals surface area (Å²) >= 11 is 0. The number of piperidine rings is 1. The van der Waals surface area contributed by atoms with Gasteiger partial charge in [-0.2, -0.15) is 0 Å². The molecule has 1 N–H and O–H groups in total. The molecule has 0 aliphatic carbocycles. The van der Waals surface area contributed by atoms with Gasteiger partial charge >= 0.3 is 0 Å². The summed E-state index contributed by atoms with van der Waals surface area (Å²) in [4.78, 5) is 2.49. The molecular formula is C16H29N3O. The van der Waals surface area contributed by atoms with Crippen molar-refractivity contribution in [2.45, 2.75) is 59.5 Å². The zero-order valence-corrected chi connectivity index (χ0v) is 13.2. The predicted octanol–water partition coefficient (Wildman–Crippen LogP) is 3.19. The summed E-state index contributed by atoms with van der Waals surface area (Å²) in [5.41, 5.74) is 1.57. The van der Waals surface area contributed by atoms with Gasteiger partial charge in [0.15, 0.2) is 5.76 Å². The second-order valence-corrected chi connectivity index (χ2v) is 6.40. The highest BCUT2D eigenvalue weighted by molar-refractivity contribution is 5.05. The molecule has 1 saturated heterocycles. The largest absolute Gasteiger partial charge is 0.360 e. The zero-order chi connectivity index (χ0) is 14.4. The summed E-state index contributed by atoms with van der Waals surface area (Å²) in [6.45, 7) is 12.0. The van der Waals surface area contributed by atoms with Crippen LogP contribution >= 0.6 is 0 Å². The van der Waals surface area contributed by atoms with Gasteiger partial charge in [-0.15, -0.1) is 0 Å². The van der Waals surface area contributed by atoms with Gasteiger partial charge in [0.2, 0.25) is 0 Å². The van der Waals surface area contributed by atoms with Crippen molar-refractivity contribution in [3.8, 4) is 0 Å². The molecule has 1 fully saturated rings. The molecule has 0 radical (unpaired) electrons. The molecule has 1 aliphatic heterocycles. The van der Waals surface area contributed by atoms with Gasteiger partial charge in [-0.25, -0.2) is 0 Å². The lowest BCUT2D eigenvalue weighted by Crippen LogP contribution is -2.37. The average Bonchev–Trinajstić information content (AvgIpc) is 2.90. The minimum Gasteiger partial charge on any atom is -0.360 e. The molecule has 1 aliphatic rings. The van der Waals surface area contributed by atoms with Crippen molar-refractivity contribution in [3.05, 3.63) is 17.5 Å². The van der Waals surface area contributed by atoms with E-state index in [-0.39, 0.29) is 0 Å². The van der Waals surface area contributed by atoms with E-state index in [1.165, 1.54) is 32.4 Å². The Hall–Kier alpha value is -0.870. The Morgan fingerprint density at radius 1 is 1.35 bits per heavy atom. The maximum absolute atomic E-state index is 5.44. The third-order valence-corrected chi connectivity index (χ3v) is 4.64. The molecule has 0 amide bonds. The number of likely N-dealkylation sites (tertiary alicyclic amines) is 1. The van der Waals surface area contributed by atoms with E-state index in [4.69, 9.17) is 4.52 Å². The topological polar surface area (TPSA) is 41.3 Å². The summed E-state index contributed by atoms with van der Waals surface area (Å²) in [6, 6.07) is 2.09. The second-order valence-electron chi connectivity index (χ2n) is 6.40. The summed E-state index contributed by atoms with van der Waals surface area (Å²) in [7, 11) is 0. The molecule has 2 heterocycles. The average molecular weight is 279 g/mol. The van der Waals surface area contributed by atoms with Crippen molar-refractivity contribution in [3.63, 3.8) is 0 Å². The van der Waals surface area contributed by atoms with Crippen molar-refractivity contribution in [2.24, 2.45) is 5.41 Å². The first kappa shape index (κ1) is 15.5. The van der Waals surface area contributed by atoms with E-state index >= 15 is 0 Å². The quantitative estimate of drug-likeness (QED) is 0.778. The van der Waals surface area contributed by atoms with Crippen LogP contribution in [0.3, 0.4) is 0 Å². The molecule has 1 aromatic heterocycles. The van der Waals surface area contributed by atoms with Gasteiger partial charge in [-0.1, -0.05) is 32.3 Å². The van der Waals surface area contributed by atoms with E-state index in [9.17, 15) is 0 Å². The molecule has 1 aromatic rings. The molecule has 4 heteroatoms. The highest BCUT2D eigenvalue weighted by atomic mass is 16.5. The number of nitrogens with zero attached hydrogens (tertiary/aromatic N) is 2.